The average Bonchev–Trinajstić information content (AvgIpc) is 2.40. The van der Waals surface area contributed by atoms with E-state index in [1.54, 1.807) is 0 Å². The van der Waals surface area contributed by atoms with Gasteiger partial charge in [0, 0.05) is 18.3 Å². The van der Waals surface area contributed by atoms with Crippen molar-refractivity contribution in [3.63, 3.8) is 0 Å². The molecule has 0 radical (unpaired) electrons. The minimum Gasteiger partial charge on any atom is -0.281 e. The molecule has 0 aliphatic rings. The first-order chi connectivity index (χ1) is 9.74. The van der Waals surface area contributed by atoms with E-state index < -0.39 is 40.2 Å². The molecule has 0 saturated heterocycles. The van der Waals surface area contributed by atoms with Gasteiger partial charge < -0.3 is 0 Å². The molecule has 0 fully saturated rings. The minimum atomic E-state index is -4.72. The number of rotatable bonds is 1. The zero-order chi connectivity index (χ0) is 15.8. The summed E-state index contributed by atoms with van der Waals surface area (Å²) in [5.41, 5.74) is -3.52. The summed E-state index contributed by atoms with van der Waals surface area (Å²) in [5.74, 6) is -2.18. The van der Waals surface area contributed by atoms with Crippen molar-refractivity contribution in [3.8, 4) is 11.8 Å². The van der Waals surface area contributed by atoms with Crippen LogP contribution in [-0.2, 0) is 6.18 Å². The molecule has 0 spiro atoms. The molecule has 2 aromatic rings. The average molecular weight is 300 g/mol. The van der Waals surface area contributed by atoms with E-state index in [1.165, 1.54) is 6.07 Å². The van der Waals surface area contributed by atoms with Crippen molar-refractivity contribution in [1.82, 2.24) is 4.57 Å². The molecule has 0 bridgehead atoms. The third kappa shape index (κ3) is 2.76. The molecule has 108 valence electrons. The first kappa shape index (κ1) is 14.7. The highest BCUT2D eigenvalue weighted by Crippen LogP contribution is 2.28. The smallest absolute Gasteiger partial charge is 0.281 e. The molecule has 0 N–H and O–H groups in total. The van der Waals surface area contributed by atoms with E-state index in [9.17, 15) is 26.7 Å². The molecule has 0 amide bonds. The van der Waals surface area contributed by atoms with Gasteiger partial charge >= 0.3 is 6.18 Å². The van der Waals surface area contributed by atoms with Crippen LogP contribution >= 0.6 is 0 Å². The second kappa shape index (κ2) is 5.01. The third-order valence-corrected chi connectivity index (χ3v) is 2.66. The summed E-state index contributed by atoms with van der Waals surface area (Å²) in [4.78, 5) is 11.6. The van der Waals surface area contributed by atoms with E-state index in [4.69, 9.17) is 5.26 Å². The van der Waals surface area contributed by atoms with Crippen LogP contribution in [0.5, 0.6) is 0 Å². The molecule has 2 rings (SSSR count). The van der Waals surface area contributed by atoms with Crippen molar-refractivity contribution in [2.75, 3.05) is 0 Å². The molecule has 0 atom stereocenters. The molecule has 3 nitrogen and oxygen atoms in total. The first-order valence-electron chi connectivity index (χ1n) is 5.43. The van der Waals surface area contributed by atoms with Crippen LogP contribution in [0.25, 0.3) is 5.69 Å². The number of pyridine rings is 1. The standard InChI is InChI=1S/C13H5F5N2O/c14-9-5-11(10(15)3-7(9)6-19)20-2-1-8(4-12(20)21)13(16,17)18/h1-5H. The lowest BCUT2D eigenvalue weighted by Crippen LogP contribution is -2.21. The molecule has 1 aromatic heterocycles. The fraction of sp³-hybridized carbons (Fsp3) is 0.0769. The Balaban J connectivity index is 2.62. The molecule has 0 saturated carbocycles. The lowest BCUT2D eigenvalue weighted by molar-refractivity contribution is -0.137. The Kier molecular flexibility index (Phi) is 3.51. The van der Waals surface area contributed by atoms with Crippen LogP contribution in [0.1, 0.15) is 11.1 Å². The summed E-state index contributed by atoms with van der Waals surface area (Å²) < 4.78 is 64.9. The lowest BCUT2D eigenvalue weighted by Gasteiger charge is -2.10. The van der Waals surface area contributed by atoms with Gasteiger partial charge in [-0.05, 0) is 12.1 Å². The van der Waals surface area contributed by atoms with Crippen molar-refractivity contribution >= 4 is 0 Å². The zero-order valence-electron chi connectivity index (χ0n) is 10.1. The number of nitrogens with zero attached hydrogens (tertiary/aromatic N) is 2. The van der Waals surface area contributed by atoms with Gasteiger partial charge in [0.1, 0.15) is 17.7 Å². The van der Waals surface area contributed by atoms with Crippen LogP contribution < -0.4 is 5.56 Å². The third-order valence-electron chi connectivity index (χ3n) is 2.66. The van der Waals surface area contributed by atoms with E-state index >= 15 is 0 Å². The first-order valence-corrected chi connectivity index (χ1v) is 5.43. The van der Waals surface area contributed by atoms with Crippen LogP contribution in [0.2, 0.25) is 0 Å². The van der Waals surface area contributed by atoms with Gasteiger partial charge in [0.2, 0.25) is 0 Å². The maximum absolute atomic E-state index is 13.7. The summed E-state index contributed by atoms with van der Waals surface area (Å²) in [7, 11) is 0. The van der Waals surface area contributed by atoms with E-state index in [0.717, 1.165) is 0 Å². The number of nitriles is 1. The lowest BCUT2D eigenvalue weighted by atomic mass is 10.2. The highest BCUT2D eigenvalue weighted by Gasteiger charge is 2.31. The Labute approximate surface area is 114 Å². The van der Waals surface area contributed by atoms with E-state index in [-0.39, 0.29) is 6.07 Å². The number of aromatic nitrogens is 1. The van der Waals surface area contributed by atoms with Gasteiger partial charge in [0.15, 0.2) is 0 Å². The molecule has 1 heterocycles. The SMILES string of the molecule is N#Cc1cc(F)c(-n2ccc(C(F)(F)F)cc2=O)cc1F. The molecule has 0 aliphatic heterocycles. The van der Waals surface area contributed by atoms with Gasteiger partial charge in [-0.1, -0.05) is 0 Å². The van der Waals surface area contributed by atoms with Crippen LogP contribution in [0.4, 0.5) is 22.0 Å². The monoisotopic (exact) mass is 300 g/mol. The van der Waals surface area contributed by atoms with Gasteiger partial charge in [-0.15, -0.1) is 0 Å². The number of alkyl halides is 3. The van der Waals surface area contributed by atoms with Crippen molar-refractivity contribution in [1.29, 1.82) is 5.26 Å². The Morgan fingerprint density at radius 1 is 1.10 bits per heavy atom. The predicted octanol–water partition coefficient (Wildman–Crippen LogP) is 3.01. The van der Waals surface area contributed by atoms with Crippen molar-refractivity contribution in [3.05, 3.63) is 63.6 Å². The number of hydrogen-bond donors (Lipinski definition) is 0. The van der Waals surface area contributed by atoms with Crippen molar-refractivity contribution in [2.24, 2.45) is 0 Å². The summed E-state index contributed by atoms with van der Waals surface area (Å²) in [5, 5.41) is 8.53. The van der Waals surface area contributed by atoms with Gasteiger partial charge in [-0.3, -0.25) is 9.36 Å². The number of hydrogen-bond acceptors (Lipinski definition) is 2. The molecular weight excluding hydrogens is 295 g/mol. The largest absolute Gasteiger partial charge is 0.416 e. The van der Waals surface area contributed by atoms with Crippen LogP contribution in [0, 0.1) is 23.0 Å². The maximum Gasteiger partial charge on any atom is 0.416 e. The topological polar surface area (TPSA) is 45.8 Å². The highest BCUT2D eigenvalue weighted by molar-refractivity contribution is 5.42. The molecule has 1 aromatic carbocycles. The molecule has 21 heavy (non-hydrogen) atoms. The molecule has 0 aliphatic carbocycles. The molecule has 0 unspecified atom stereocenters. The normalized spacial score (nSPS) is 11.2. The van der Waals surface area contributed by atoms with Crippen LogP contribution in [0.15, 0.2) is 35.3 Å². The summed E-state index contributed by atoms with van der Waals surface area (Å²) in [6, 6.07) is 3.38. The Morgan fingerprint density at radius 3 is 2.29 bits per heavy atom. The fourth-order valence-electron chi connectivity index (χ4n) is 1.66. The van der Waals surface area contributed by atoms with E-state index in [2.05, 4.69) is 0 Å². The number of halogens is 5. The quantitative estimate of drug-likeness (QED) is 0.760. The summed E-state index contributed by atoms with van der Waals surface area (Å²) in [6.45, 7) is 0. The summed E-state index contributed by atoms with van der Waals surface area (Å²) >= 11 is 0. The Bertz CT molecular complexity index is 802. The van der Waals surface area contributed by atoms with Gasteiger partial charge in [-0.2, -0.15) is 18.4 Å². The van der Waals surface area contributed by atoms with Crippen molar-refractivity contribution in [2.45, 2.75) is 6.18 Å². The van der Waals surface area contributed by atoms with Gasteiger partial charge in [0.25, 0.3) is 5.56 Å². The van der Waals surface area contributed by atoms with E-state index in [1.807, 2.05) is 0 Å². The van der Waals surface area contributed by atoms with Crippen LogP contribution in [-0.4, -0.2) is 4.57 Å². The highest BCUT2D eigenvalue weighted by atomic mass is 19.4. The Hall–Kier alpha value is -2.69. The fourth-order valence-corrected chi connectivity index (χ4v) is 1.66. The van der Waals surface area contributed by atoms with Gasteiger partial charge in [-0.25, -0.2) is 8.78 Å². The zero-order valence-corrected chi connectivity index (χ0v) is 10.1. The van der Waals surface area contributed by atoms with Gasteiger partial charge in [0.05, 0.1) is 16.8 Å². The van der Waals surface area contributed by atoms with Crippen LogP contribution in [0.3, 0.4) is 0 Å². The summed E-state index contributed by atoms with van der Waals surface area (Å²) in [6.07, 6.45) is -4.03. The number of benzene rings is 1. The maximum atomic E-state index is 13.7. The molecular formula is C13H5F5N2O. The minimum absolute atomic E-state index is 0.273. The van der Waals surface area contributed by atoms with E-state index in [0.29, 0.717) is 29.0 Å². The second-order valence-corrected chi connectivity index (χ2v) is 4.02. The van der Waals surface area contributed by atoms with Crippen molar-refractivity contribution < 1.29 is 22.0 Å². The predicted molar refractivity (Wildman–Crippen MR) is 61.7 cm³/mol. The second-order valence-electron chi connectivity index (χ2n) is 4.02. The molecule has 8 heteroatoms. The Morgan fingerprint density at radius 2 is 1.76 bits per heavy atom.